The Morgan fingerprint density at radius 3 is 2.60 bits per heavy atom. The molecular formula is C13H27NO. The highest BCUT2D eigenvalue weighted by Gasteiger charge is 2.22. The van der Waals surface area contributed by atoms with E-state index in [1.807, 2.05) is 0 Å². The number of β-amino-alcohol motifs (C(OH)–C–C–N with tert-alkyl or cyclic N) is 1. The first-order valence-electron chi connectivity index (χ1n) is 6.57. The third kappa shape index (κ3) is 4.12. The van der Waals surface area contributed by atoms with Gasteiger partial charge in [0.05, 0.1) is 6.10 Å². The van der Waals surface area contributed by atoms with Gasteiger partial charge in [0, 0.05) is 12.6 Å². The van der Waals surface area contributed by atoms with E-state index in [4.69, 9.17) is 0 Å². The summed E-state index contributed by atoms with van der Waals surface area (Å²) in [7, 11) is 0. The Morgan fingerprint density at radius 1 is 1.27 bits per heavy atom. The van der Waals surface area contributed by atoms with Gasteiger partial charge in [-0.05, 0) is 31.7 Å². The highest BCUT2D eigenvalue weighted by Crippen LogP contribution is 2.20. The summed E-state index contributed by atoms with van der Waals surface area (Å²) in [6.07, 6.45) is 6.43. The summed E-state index contributed by atoms with van der Waals surface area (Å²) in [4.78, 5) is 2.51. The molecule has 0 aromatic heterocycles. The second-order valence-electron chi connectivity index (χ2n) is 5.22. The van der Waals surface area contributed by atoms with Crippen LogP contribution in [0.3, 0.4) is 0 Å². The van der Waals surface area contributed by atoms with Crippen molar-refractivity contribution in [1.29, 1.82) is 0 Å². The van der Waals surface area contributed by atoms with Crippen LogP contribution in [0.25, 0.3) is 0 Å². The molecule has 0 bridgehead atoms. The van der Waals surface area contributed by atoms with E-state index in [9.17, 15) is 5.11 Å². The van der Waals surface area contributed by atoms with Crippen LogP contribution in [0, 0.1) is 5.92 Å². The van der Waals surface area contributed by atoms with E-state index in [0.29, 0.717) is 12.0 Å². The molecule has 0 spiro atoms. The molecule has 0 aromatic rings. The Morgan fingerprint density at radius 2 is 2.00 bits per heavy atom. The zero-order valence-corrected chi connectivity index (χ0v) is 10.6. The van der Waals surface area contributed by atoms with Crippen LogP contribution < -0.4 is 0 Å². The predicted molar refractivity (Wildman–Crippen MR) is 65.0 cm³/mol. The molecule has 1 aliphatic rings. The smallest absolute Gasteiger partial charge is 0.0690 e. The van der Waals surface area contributed by atoms with Crippen molar-refractivity contribution >= 4 is 0 Å². The Bertz CT molecular complexity index is 170. The largest absolute Gasteiger partial charge is 0.392 e. The summed E-state index contributed by atoms with van der Waals surface area (Å²) < 4.78 is 0. The van der Waals surface area contributed by atoms with Gasteiger partial charge in [-0.3, -0.25) is 4.90 Å². The minimum absolute atomic E-state index is 0.155. The molecule has 0 saturated carbocycles. The summed E-state index contributed by atoms with van der Waals surface area (Å²) in [5.74, 6) is 0.380. The zero-order valence-electron chi connectivity index (χ0n) is 10.6. The Kier molecular flexibility index (Phi) is 5.62. The van der Waals surface area contributed by atoms with E-state index >= 15 is 0 Å². The maximum absolute atomic E-state index is 9.94. The topological polar surface area (TPSA) is 23.5 Å². The quantitative estimate of drug-likeness (QED) is 0.776. The molecule has 2 nitrogen and oxygen atoms in total. The van der Waals surface area contributed by atoms with E-state index in [-0.39, 0.29) is 6.10 Å². The molecule has 1 aliphatic heterocycles. The fourth-order valence-electron chi connectivity index (χ4n) is 2.39. The molecule has 0 aliphatic carbocycles. The van der Waals surface area contributed by atoms with Crippen molar-refractivity contribution in [2.24, 2.45) is 5.92 Å². The van der Waals surface area contributed by atoms with Crippen LogP contribution in [0.15, 0.2) is 0 Å². The molecule has 1 N–H and O–H groups in total. The Labute approximate surface area is 94.7 Å². The highest BCUT2D eigenvalue weighted by atomic mass is 16.3. The number of likely N-dealkylation sites (tertiary alicyclic amines) is 1. The number of hydrogen-bond acceptors (Lipinski definition) is 2. The SMILES string of the molecule is CCC1CCCCCN1CC(O)C(C)C. The van der Waals surface area contributed by atoms with Crippen molar-refractivity contribution in [1.82, 2.24) is 4.90 Å². The standard InChI is InChI=1S/C13H27NO/c1-4-12-8-6-5-7-9-14(12)10-13(15)11(2)3/h11-13,15H,4-10H2,1-3H3. The molecule has 1 heterocycles. The molecule has 1 saturated heterocycles. The van der Waals surface area contributed by atoms with Gasteiger partial charge in [0.25, 0.3) is 0 Å². The minimum atomic E-state index is -0.155. The second kappa shape index (κ2) is 6.49. The molecule has 2 unspecified atom stereocenters. The number of nitrogens with zero attached hydrogens (tertiary/aromatic N) is 1. The maximum atomic E-state index is 9.94. The van der Waals surface area contributed by atoms with Gasteiger partial charge >= 0.3 is 0 Å². The van der Waals surface area contributed by atoms with Crippen LogP contribution in [0.4, 0.5) is 0 Å². The summed E-state index contributed by atoms with van der Waals surface area (Å²) in [6, 6.07) is 0.709. The van der Waals surface area contributed by atoms with Crippen LogP contribution in [0.5, 0.6) is 0 Å². The van der Waals surface area contributed by atoms with Gasteiger partial charge in [0.15, 0.2) is 0 Å². The molecular weight excluding hydrogens is 186 g/mol. The molecule has 15 heavy (non-hydrogen) atoms. The van der Waals surface area contributed by atoms with Crippen molar-refractivity contribution < 1.29 is 5.11 Å². The van der Waals surface area contributed by atoms with E-state index in [0.717, 1.165) is 6.54 Å². The van der Waals surface area contributed by atoms with Crippen LogP contribution in [0.2, 0.25) is 0 Å². The van der Waals surface area contributed by atoms with Crippen molar-refractivity contribution in [2.45, 2.75) is 65.0 Å². The normalized spacial score (nSPS) is 26.6. The summed E-state index contributed by atoms with van der Waals surface area (Å²) >= 11 is 0. The summed E-state index contributed by atoms with van der Waals surface area (Å²) in [6.45, 7) is 8.52. The molecule has 2 atom stereocenters. The summed E-state index contributed by atoms with van der Waals surface area (Å²) in [5.41, 5.74) is 0. The second-order valence-corrected chi connectivity index (χ2v) is 5.22. The van der Waals surface area contributed by atoms with E-state index in [1.54, 1.807) is 0 Å². The lowest BCUT2D eigenvalue weighted by atomic mass is 10.0. The number of aliphatic hydroxyl groups is 1. The third-order valence-electron chi connectivity index (χ3n) is 3.66. The molecule has 1 rings (SSSR count). The van der Waals surface area contributed by atoms with E-state index in [2.05, 4.69) is 25.7 Å². The lowest BCUT2D eigenvalue weighted by molar-refractivity contribution is 0.0572. The predicted octanol–water partition coefficient (Wildman–Crippen LogP) is 2.66. The van der Waals surface area contributed by atoms with Crippen molar-refractivity contribution in [2.75, 3.05) is 13.1 Å². The number of rotatable bonds is 4. The van der Waals surface area contributed by atoms with Gasteiger partial charge in [0.2, 0.25) is 0 Å². The first-order valence-corrected chi connectivity index (χ1v) is 6.57. The average molecular weight is 213 g/mol. The average Bonchev–Trinajstić information content (AvgIpc) is 2.42. The Balaban J connectivity index is 2.47. The summed E-state index contributed by atoms with van der Waals surface area (Å²) in [5, 5.41) is 9.94. The van der Waals surface area contributed by atoms with Crippen LogP contribution in [0.1, 0.15) is 52.9 Å². The fraction of sp³-hybridized carbons (Fsp3) is 1.00. The minimum Gasteiger partial charge on any atom is -0.392 e. The lowest BCUT2D eigenvalue weighted by Crippen LogP contribution is -2.41. The van der Waals surface area contributed by atoms with Gasteiger partial charge < -0.3 is 5.11 Å². The van der Waals surface area contributed by atoms with Crippen LogP contribution in [-0.2, 0) is 0 Å². The van der Waals surface area contributed by atoms with Gasteiger partial charge in [-0.25, -0.2) is 0 Å². The molecule has 90 valence electrons. The first kappa shape index (κ1) is 13.0. The first-order chi connectivity index (χ1) is 7.15. The van der Waals surface area contributed by atoms with Crippen LogP contribution >= 0.6 is 0 Å². The molecule has 0 amide bonds. The number of hydrogen-bond donors (Lipinski definition) is 1. The van der Waals surface area contributed by atoms with Gasteiger partial charge in [0.1, 0.15) is 0 Å². The van der Waals surface area contributed by atoms with Crippen molar-refractivity contribution in [3.05, 3.63) is 0 Å². The zero-order chi connectivity index (χ0) is 11.3. The van der Waals surface area contributed by atoms with Crippen LogP contribution in [-0.4, -0.2) is 35.2 Å². The van der Waals surface area contributed by atoms with Crippen molar-refractivity contribution in [3.8, 4) is 0 Å². The molecule has 2 heteroatoms. The van der Waals surface area contributed by atoms with E-state index < -0.39 is 0 Å². The molecule has 0 aromatic carbocycles. The fourth-order valence-corrected chi connectivity index (χ4v) is 2.39. The van der Waals surface area contributed by atoms with E-state index in [1.165, 1.54) is 38.6 Å². The monoisotopic (exact) mass is 213 g/mol. The maximum Gasteiger partial charge on any atom is 0.0690 e. The molecule has 0 radical (unpaired) electrons. The van der Waals surface area contributed by atoms with Gasteiger partial charge in [-0.15, -0.1) is 0 Å². The molecule has 1 fully saturated rings. The highest BCUT2D eigenvalue weighted by molar-refractivity contribution is 4.77. The third-order valence-corrected chi connectivity index (χ3v) is 3.66. The van der Waals surface area contributed by atoms with Gasteiger partial charge in [-0.1, -0.05) is 33.6 Å². The van der Waals surface area contributed by atoms with Gasteiger partial charge in [-0.2, -0.15) is 0 Å². The lowest BCUT2D eigenvalue weighted by Gasteiger charge is -2.32. The number of aliphatic hydroxyl groups excluding tert-OH is 1. The Hall–Kier alpha value is -0.0800. The van der Waals surface area contributed by atoms with Crippen molar-refractivity contribution in [3.63, 3.8) is 0 Å².